The SMILES string of the molecule is CCC(CC)C1=CC2(c3ccc4c(c3-c3cc(C(C)(C)C)c5ccccc5c32)C(C)(C)C2=C4Cc3ccccc32)C(C(C)C)C(C(CC)CC)=C1. The Kier molecular flexibility index (Phi) is 8.07. The van der Waals surface area contributed by atoms with Crippen LogP contribution in [0.4, 0.5) is 0 Å². The molecule has 0 N–H and O–H groups in total. The van der Waals surface area contributed by atoms with E-state index >= 15 is 0 Å². The molecule has 0 aliphatic heterocycles. The molecule has 0 saturated heterocycles. The summed E-state index contributed by atoms with van der Waals surface area (Å²) in [6.07, 6.45) is 11.3. The molecule has 0 nitrogen and oxygen atoms in total. The molecule has 0 bridgehead atoms. The van der Waals surface area contributed by atoms with Crippen LogP contribution in [-0.4, -0.2) is 0 Å². The first-order chi connectivity index (χ1) is 24.3. The molecule has 51 heavy (non-hydrogen) atoms. The lowest BCUT2D eigenvalue weighted by atomic mass is 9.55. The molecule has 0 heteroatoms. The van der Waals surface area contributed by atoms with Crippen molar-refractivity contribution in [3.63, 3.8) is 0 Å². The lowest BCUT2D eigenvalue weighted by Gasteiger charge is -2.47. The minimum atomic E-state index is -0.241. The Hall–Kier alpha value is -3.64. The van der Waals surface area contributed by atoms with Gasteiger partial charge in [0.25, 0.3) is 0 Å². The van der Waals surface area contributed by atoms with Crippen molar-refractivity contribution in [1.82, 2.24) is 0 Å². The fraction of sp³-hybridized carbons (Fsp3) is 0.451. The van der Waals surface area contributed by atoms with Crippen LogP contribution < -0.4 is 0 Å². The van der Waals surface area contributed by atoms with Gasteiger partial charge in [0.15, 0.2) is 0 Å². The second-order valence-electron chi connectivity index (χ2n) is 18.3. The van der Waals surface area contributed by atoms with Gasteiger partial charge in [-0.15, -0.1) is 0 Å². The van der Waals surface area contributed by atoms with Crippen LogP contribution in [0.1, 0.15) is 141 Å². The smallest absolute Gasteiger partial charge is 0.0474 e. The van der Waals surface area contributed by atoms with Crippen molar-refractivity contribution in [2.45, 2.75) is 125 Å². The maximum atomic E-state index is 2.85. The minimum absolute atomic E-state index is 0.0120. The van der Waals surface area contributed by atoms with Gasteiger partial charge in [-0.25, -0.2) is 0 Å². The molecular weight excluding hydrogens is 613 g/mol. The second-order valence-corrected chi connectivity index (χ2v) is 18.3. The highest BCUT2D eigenvalue weighted by atomic mass is 14.6. The second kappa shape index (κ2) is 11.9. The van der Waals surface area contributed by atoms with Gasteiger partial charge in [-0.1, -0.05) is 155 Å². The Morgan fingerprint density at radius 2 is 1.37 bits per heavy atom. The van der Waals surface area contributed by atoms with Crippen LogP contribution in [0.25, 0.3) is 33.0 Å². The molecule has 4 aliphatic carbocycles. The van der Waals surface area contributed by atoms with E-state index in [2.05, 4.69) is 155 Å². The van der Waals surface area contributed by atoms with Gasteiger partial charge in [-0.3, -0.25) is 0 Å². The van der Waals surface area contributed by atoms with E-state index in [-0.39, 0.29) is 16.2 Å². The van der Waals surface area contributed by atoms with Gasteiger partial charge >= 0.3 is 0 Å². The summed E-state index contributed by atoms with van der Waals surface area (Å²) in [4.78, 5) is 0. The minimum Gasteiger partial charge on any atom is -0.0654 e. The molecule has 2 unspecified atom stereocenters. The lowest BCUT2D eigenvalue weighted by molar-refractivity contribution is 0.298. The average molecular weight is 673 g/mol. The standard InChI is InChI=1S/C51H60/c1-12-31(13-2)34-27-39(32(14-3)15-4)45(30(5)6)51(29-34)42-25-24-38-40-26-33-20-16-17-21-35(33)46(40)50(10,11)48(38)44(42)41-28-43(49(7,8)9)36-22-18-19-23-37(36)47(41)51/h16-25,27-32,45H,12-15,26H2,1-11H3. The zero-order valence-corrected chi connectivity index (χ0v) is 33.4. The van der Waals surface area contributed by atoms with Gasteiger partial charge in [-0.2, -0.15) is 0 Å². The molecule has 0 fully saturated rings. The largest absolute Gasteiger partial charge is 0.0654 e. The highest BCUT2D eigenvalue weighted by molar-refractivity contribution is 6.10. The van der Waals surface area contributed by atoms with Crippen molar-refractivity contribution in [3.05, 3.63) is 129 Å². The number of hydrogen-bond acceptors (Lipinski definition) is 0. The zero-order chi connectivity index (χ0) is 36.2. The van der Waals surface area contributed by atoms with Gasteiger partial charge in [0.2, 0.25) is 0 Å². The van der Waals surface area contributed by atoms with Gasteiger partial charge in [0.05, 0.1) is 0 Å². The highest BCUT2D eigenvalue weighted by Crippen LogP contribution is 2.67. The Balaban J connectivity index is 1.56. The third-order valence-electron chi connectivity index (χ3n) is 13.9. The average Bonchev–Trinajstić information content (AvgIpc) is 3.70. The number of benzene rings is 4. The molecule has 2 atom stereocenters. The highest BCUT2D eigenvalue weighted by Gasteiger charge is 2.56. The number of allylic oxidation sites excluding steroid dienone is 6. The molecule has 0 saturated carbocycles. The fourth-order valence-corrected chi connectivity index (χ4v) is 11.8. The molecular formula is C51H60. The molecule has 4 aliphatic rings. The number of fused-ring (bicyclic) bond motifs is 12. The number of rotatable bonds is 7. The molecule has 1 spiro atoms. The predicted octanol–water partition coefficient (Wildman–Crippen LogP) is 14.2. The summed E-state index contributed by atoms with van der Waals surface area (Å²) in [6, 6.07) is 26.6. The van der Waals surface area contributed by atoms with Gasteiger partial charge in [0, 0.05) is 16.7 Å². The van der Waals surface area contributed by atoms with Crippen LogP contribution in [0.2, 0.25) is 0 Å². The van der Waals surface area contributed by atoms with Crippen molar-refractivity contribution >= 4 is 21.9 Å². The number of hydrogen-bond donors (Lipinski definition) is 0. The first-order valence-corrected chi connectivity index (χ1v) is 20.4. The van der Waals surface area contributed by atoms with Crippen LogP contribution in [0.3, 0.4) is 0 Å². The van der Waals surface area contributed by atoms with Crippen molar-refractivity contribution in [2.24, 2.45) is 23.7 Å². The maximum Gasteiger partial charge on any atom is 0.0474 e. The summed E-state index contributed by atoms with van der Waals surface area (Å²) in [6.45, 7) is 27.0. The summed E-state index contributed by atoms with van der Waals surface area (Å²) in [5.74, 6) is 1.99. The third kappa shape index (κ3) is 4.63. The molecule has 0 heterocycles. The van der Waals surface area contributed by atoms with Crippen LogP contribution in [-0.2, 0) is 22.7 Å². The van der Waals surface area contributed by atoms with Crippen LogP contribution in [0, 0.1) is 23.7 Å². The summed E-state index contributed by atoms with van der Waals surface area (Å²) in [5, 5.41) is 2.89. The first kappa shape index (κ1) is 34.4. The predicted molar refractivity (Wildman–Crippen MR) is 221 cm³/mol. The first-order valence-electron chi connectivity index (χ1n) is 20.4. The monoisotopic (exact) mass is 672 g/mol. The maximum absolute atomic E-state index is 2.85. The molecule has 0 radical (unpaired) electrons. The van der Waals surface area contributed by atoms with Crippen molar-refractivity contribution < 1.29 is 0 Å². The van der Waals surface area contributed by atoms with E-state index in [1.54, 1.807) is 44.5 Å². The van der Waals surface area contributed by atoms with Crippen LogP contribution >= 0.6 is 0 Å². The van der Waals surface area contributed by atoms with E-state index in [0.717, 1.165) is 6.42 Å². The van der Waals surface area contributed by atoms with Crippen LogP contribution in [0.15, 0.2) is 90.0 Å². The lowest BCUT2D eigenvalue weighted by Crippen LogP contribution is -2.42. The molecule has 4 aromatic carbocycles. The van der Waals surface area contributed by atoms with Crippen molar-refractivity contribution in [1.29, 1.82) is 0 Å². The van der Waals surface area contributed by atoms with Crippen LogP contribution in [0.5, 0.6) is 0 Å². The van der Waals surface area contributed by atoms with Gasteiger partial charge in [0.1, 0.15) is 0 Å². The summed E-state index contributed by atoms with van der Waals surface area (Å²) in [5.41, 5.74) is 19.8. The normalized spacial score (nSPS) is 21.4. The van der Waals surface area contributed by atoms with E-state index in [0.29, 0.717) is 23.7 Å². The van der Waals surface area contributed by atoms with Gasteiger partial charge < -0.3 is 0 Å². The third-order valence-corrected chi connectivity index (χ3v) is 13.9. The quantitative estimate of drug-likeness (QED) is 0.183. The Labute approximate surface area is 309 Å². The molecule has 264 valence electrons. The van der Waals surface area contributed by atoms with E-state index in [9.17, 15) is 0 Å². The Morgan fingerprint density at radius 1 is 0.725 bits per heavy atom. The zero-order valence-electron chi connectivity index (χ0n) is 33.4. The molecule has 0 amide bonds. The van der Waals surface area contributed by atoms with E-state index < -0.39 is 0 Å². The fourth-order valence-electron chi connectivity index (χ4n) is 11.8. The molecule has 8 rings (SSSR count). The van der Waals surface area contributed by atoms with Crippen molar-refractivity contribution in [3.8, 4) is 11.1 Å². The summed E-state index contributed by atoms with van der Waals surface area (Å²) < 4.78 is 0. The topological polar surface area (TPSA) is 0 Å². The Bertz CT molecular complexity index is 2160. The summed E-state index contributed by atoms with van der Waals surface area (Å²) in [7, 11) is 0. The van der Waals surface area contributed by atoms with E-state index in [1.165, 1.54) is 64.3 Å². The van der Waals surface area contributed by atoms with Gasteiger partial charge in [-0.05, 0) is 139 Å². The Morgan fingerprint density at radius 3 is 2.02 bits per heavy atom. The van der Waals surface area contributed by atoms with E-state index in [4.69, 9.17) is 0 Å². The summed E-state index contributed by atoms with van der Waals surface area (Å²) >= 11 is 0. The molecule has 0 aromatic heterocycles. The van der Waals surface area contributed by atoms with E-state index in [1.807, 2.05) is 0 Å². The molecule has 4 aromatic rings. The van der Waals surface area contributed by atoms with Crippen molar-refractivity contribution in [2.75, 3.05) is 0 Å².